The van der Waals surface area contributed by atoms with Crippen LogP contribution in [0.15, 0.2) is 41.8 Å². The van der Waals surface area contributed by atoms with Gasteiger partial charge in [0.1, 0.15) is 0 Å². The van der Waals surface area contributed by atoms with Crippen LogP contribution in [0.2, 0.25) is 0 Å². The number of hydrogen-bond acceptors (Lipinski definition) is 2. The number of benzene rings is 1. The molecule has 0 aliphatic heterocycles. The summed E-state index contributed by atoms with van der Waals surface area (Å²) in [6, 6.07) is 12.4. The first-order chi connectivity index (χ1) is 9.75. The van der Waals surface area contributed by atoms with E-state index in [1.807, 2.05) is 30.1 Å². The fourth-order valence-corrected chi connectivity index (χ4v) is 3.76. The van der Waals surface area contributed by atoms with Gasteiger partial charge in [0.2, 0.25) is 5.91 Å². The first kappa shape index (κ1) is 13.4. The summed E-state index contributed by atoms with van der Waals surface area (Å²) in [4.78, 5) is 15.5. The molecule has 20 heavy (non-hydrogen) atoms. The minimum atomic E-state index is 0.236. The van der Waals surface area contributed by atoms with Crippen LogP contribution in [0, 0.1) is 5.92 Å². The van der Waals surface area contributed by atoms with Gasteiger partial charge < -0.3 is 4.90 Å². The Kier molecular flexibility index (Phi) is 3.88. The monoisotopic (exact) mass is 285 g/mol. The fourth-order valence-electron chi connectivity index (χ4n) is 2.83. The summed E-state index contributed by atoms with van der Waals surface area (Å²) in [6.45, 7) is 0. The third-order valence-corrected chi connectivity index (χ3v) is 5.03. The highest BCUT2D eigenvalue weighted by atomic mass is 32.1. The van der Waals surface area contributed by atoms with E-state index in [0.29, 0.717) is 0 Å². The van der Waals surface area contributed by atoms with E-state index < -0.39 is 0 Å². The van der Waals surface area contributed by atoms with E-state index in [1.165, 1.54) is 23.3 Å². The highest BCUT2D eigenvalue weighted by molar-refractivity contribution is 7.14. The molecule has 1 amide bonds. The summed E-state index contributed by atoms with van der Waals surface area (Å²) in [5, 5.41) is 2.08. The SMILES string of the molecule is CN(C(=O)C1CCCC1)c1csc(-c2ccccc2)c1. The van der Waals surface area contributed by atoms with Gasteiger partial charge in [-0.3, -0.25) is 4.79 Å². The number of rotatable bonds is 3. The Morgan fingerprint density at radius 3 is 2.60 bits per heavy atom. The van der Waals surface area contributed by atoms with E-state index in [2.05, 4.69) is 23.6 Å². The van der Waals surface area contributed by atoms with Crippen molar-refractivity contribution in [1.82, 2.24) is 0 Å². The minimum absolute atomic E-state index is 0.236. The molecule has 1 fully saturated rings. The quantitative estimate of drug-likeness (QED) is 0.809. The van der Waals surface area contributed by atoms with Crippen molar-refractivity contribution in [3.05, 3.63) is 41.8 Å². The van der Waals surface area contributed by atoms with Crippen LogP contribution in [-0.4, -0.2) is 13.0 Å². The van der Waals surface area contributed by atoms with E-state index in [1.54, 1.807) is 11.3 Å². The Morgan fingerprint density at radius 2 is 1.90 bits per heavy atom. The molecule has 0 atom stereocenters. The van der Waals surface area contributed by atoms with Crippen molar-refractivity contribution >= 4 is 22.9 Å². The molecule has 0 spiro atoms. The lowest BCUT2D eigenvalue weighted by Gasteiger charge is -2.19. The van der Waals surface area contributed by atoms with Crippen LogP contribution in [0.3, 0.4) is 0 Å². The smallest absolute Gasteiger partial charge is 0.229 e. The lowest BCUT2D eigenvalue weighted by molar-refractivity contribution is -0.121. The second kappa shape index (κ2) is 5.80. The number of carbonyl (C=O) groups is 1. The van der Waals surface area contributed by atoms with Crippen molar-refractivity contribution in [2.75, 3.05) is 11.9 Å². The molecule has 3 heteroatoms. The molecule has 0 bridgehead atoms. The van der Waals surface area contributed by atoms with Gasteiger partial charge in [-0.25, -0.2) is 0 Å². The zero-order valence-corrected chi connectivity index (χ0v) is 12.5. The van der Waals surface area contributed by atoms with Crippen molar-refractivity contribution in [3.63, 3.8) is 0 Å². The van der Waals surface area contributed by atoms with Gasteiger partial charge >= 0.3 is 0 Å². The van der Waals surface area contributed by atoms with Gasteiger partial charge in [-0.2, -0.15) is 0 Å². The zero-order valence-electron chi connectivity index (χ0n) is 11.7. The molecule has 0 unspecified atom stereocenters. The summed E-state index contributed by atoms with van der Waals surface area (Å²) in [7, 11) is 1.90. The molecule has 2 aromatic rings. The van der Waals surface area contributed by atoms with Crippen molar-refractivity contribution in [3.8, 4) is 10.4 Å². The molecule has 3 rings (SSSR count). The summed E-state index contributed by atoms with van der Waals surface area (Å²) in [5.74, 6) is 0.514. The first-order valence-electron chi connectivity index (χ1n) is 7.17. The maximum atomic E-state index is 12.4. The number of amides is 1. The van der Waals surface area contributed by atoms with Crippen LogP contribution in [0.1, 0.15) is 25.7 Å². The van der Waals surface area contributed by atoms with Crippen molar-refractivity contribution in [1.29, 1.82) is 0 Å². The summed E-state index contributed by atoms with van der Waals surface area (Å²) in [6.07, 6.45) is 4.50. The van der Waals surface area contributed by atoms with E-state index >= 15 is 0 Å². The van der Waals surface area contributed by atoms with Crippen LogP contribution in [0.4, 0.5) is 5.69 Å². The molecule has 0 radical (unpaired) electrons. The van der Waals surface area contributed by atoms with Crippen molar-refractivity contribution in [2.45, 2.75) is 25.7 Å². The summed E-state index contributed by atoms with van der Waals surface area (Å²) >= 11 is 1.70. The standard InChI is InChI=1S/C17H19NOS/c1-18(17(19)14-9-5-6-10-14)15-11-16(20-12-15)13-7-3-2-4-8-13/h2-4,7-8,11-12,14H,5-6,9-10H2,1H3. The molecule has 1 saturated carbocycles. The maximum absolute atomic E-state index is 12.4. The maximum Gasteiger partial charge on any atom is 0.229 e. The van der Waals surface area contributed by atoms with Gasteiger partial charge in [0.25, 0.3) is 0 Å². The molecule has 0 N–H and O–H groups in total. The molecular weight excluding hydrogens is 266 g/mol. The Hall–Kier alpha value is -1.61. The van der Waals surface area contributed by atoms with E-state index in [-0.39, 0.29) is 11.8 Å². The van der Waals surface area contributed by atoms with E-state index in [9.17, 15) is 4.79 Å². The minimum Gasteiger partial charge on any atom is -0.314 e. The highest BCUT2D eigenvalue weighted by Gasteiger charge is 2.26. The Bertz CT molecular complexity index is 584. The normalized spacial score (nSPS) is 15.4. The predicted molar refractivity (Wildman–Crippen MR) is 85.1 cm³/mol. The molecule has 1 heterocycles. The number of nitrogens with zero attached hydrogens (tertiary/aromatic N) is 1. The second-order valence-corrected chi connectivity index (χ2v) is 6.33. The average Bonchev–Trinajstić information content (AvgIpc) is 3.18. The number of thiophene rings is 1. The van der Waals surface area contributed by atoms with Crippen LogP contribution in [0.5, 0.6) is 0 Å². The second-order valence-electron chi connectivity index (χ2n) is 5.41. The van der Waals surface area contributed by atoms with Crippen molar-refractivity contribution in [2.24, 2.45) is 5.92 Å². The van der Waals surface area contributed by atoms with E-state index in [4.69, 9.17) is 0 Å². The molecule has 2 nitrogen and oxygen atoms in total. The van der Waals surface area contributed by atoms with Crippen LogP contribution in [0.25, 0.3) is 10.4 Å². The Balaban J connectivity index is 1.77. The third-order valence-electron chi connectivity index (χ3n) is 4.07. The van der Waals surface area contributed by atoms with Crippen LogP contribution < -0.4 is 4.90 Å². The third kappa shape index (κ3) is 2.63. The Morgan fingerprint density at radius 1 is 1.20 bits per heavy atom. The van der Waals surface area contributed by atoms with Gasteiger partial charge in [0.05, 0.1) is 5.69 Å². The van der Waals surface area contributed by atoms with Gasteiger partial charge in [0, 0.05) is 23.2 Å². The van der Waals surface area contributed by atoms with Gasteiger partial charge in [-0.05, 0) is 24.5 Å². The van der Waals surface area contributed by atoms with Gasteiger partial charge in [0.15, 0.2) is 0 Å². The van der Waals surface area contributed by atoms with Gasteiger partial charge in [-0.1, -0.05) is 43.2 Å². The molecule has 1 aliphatic rings. The molecule has 104 valence electrons. The zero-order chi connectivity index (χ0) is 13.9. The lowest BCUT2D eigenvalue weighted by Crippen LogP contribution is -2.31. The topological polar surface area (TPSA) is 20.3 Å². The van der Waals surface area contributed by atoms with E-state index in [0.717, 1.165) is 18.5 Å². The molecular formula is C17H19NOS. The largest absolute Gasteiger partial charge is 0.314 e. The molecule has 1 aliphatic carbocycles. The highest BCUT2D eigenvalue weighted by Crippen LogP contribution is 2.33. The number of hydrogen-bond donors (Lipinski definition) is 0. The predicted octanol–water partition coefficient (Wildman–Crippen LogP) is 4.57. The first-order valence-corrected chi connectivity index (χ1v) is 8.05. The van der Waals surface area contributed by atoms with Gasteiger partial charge in [-0.15, -0.1) is 11.3 Å². The molecule has 1 aromatic heterocycles. The Labute approximate surface area is 124 Å². The number of anilines is 1. The number of carbonyl (C=O) groups excluding carboxylic acids is 1. The van der Waals surface area contributed by atoms with Crippen LogP contribution >= 0.6 is 11.3 Å². The fraction of sp³-hybridized carbons (Fsp3) is 0.353. The van der Waals surface area contributed by atoms with Crippen LogP contribution in [-0.2, 0) is 4.79 Å². The molecule has 1 aromatic carbocycles. The summed E-state index contributed by atoms with van der Waals surface area (Å²) < 4.78 is 0. The molecule has 0 saturated heterocycles. The lowest BCUT2D eigenvalue weighted by atomic mass is 10.1. The summed E-state index contributed by atoms with van der Waals surface area (Å²) in [5.41, 5.74) is 2.23. The average molecular weight is 285 g/mol. The van der Waals surface area contributed by atoms with Crippen molar-refractivity contribution < 1.29 is 4.79 Å².